The molecule has 3 rings (SSSR count). The molecule has 0 radical (unpaired) electrons. The molecule has 1 saturated heterocycles. The lowest BCUT2D eigenvalue weighted by Gasteiger charge is -2.25. The molecule has 2 aromatic carbocycles. The Balaban J connectivity index is 1.82. The normalized spacial score (nSPS) is 20.6. The summed E-state index contributed by atoms with van der Waals surface area (Å²) >= 11 is 18.3. The van der Waals surface area contributed by atoms with Gasteiger partial charge in [0.1, 0.15) is 6.10 Å². The first-order valence-electron chi connectivity index (χ1n) is 8.45. The van der Waals surface area contributed by atoms with Gasteiger partial charge in [-0.25, -0.2) is 0 Å². The number of likely N-dealkylation sites (tertiary alicyclic amines) is 1. The Morgan fingerprint density at radius 1 is 1.11 bits per heavy atom. The predicted octanol–water partition coefficient (Wildman–Crippen LogP) is 5.47. The van der Waals surface area contributed by atoms with Gasteiger partial charge < -0.3 is 9.64 Å². The van der Waals surface area contributed by atoms with E-state index in [0.29, 0.717) is 10.6 Å². The fourth-order valence-electron chi connectivity index (χ4n) is 3.37. The molecule has 0 saturated carbocycles. The van der Waals surface area contributed by atoms with Gasteiger partial charge in [-0.2, -0.15) is 0 Å². The summed E-state index contributed by atoms with van der Waals surface area (Å²) in [7, 11) is 1.70. The molecule has 1 amide bonds. The van der Waals surface area contributed by atoms with E-state index in [1.807, 2.05) is 30.3 Å². The summed E-state index contributed by atoms with van der Waals surface area (Å²) in [5, 5.41) is 0.802. The molecule has 1 aliphatic rings. The number of halogens is 3. The quantitative estimate of drug-likeness (QED) is 0.481. The highest BCUT2D eigenvalue weighted by atomic mass is 35.5. The summed E-state index contributed by atoms with van der Waals surface area (Å²) in [5.41, 5.74) is 1.46. The number of rotatable bonds is 4. The van der Waals surface area contributed by atoms with Crippen molar-refractivity contribution in [3.63, 3.8) is 0 Å². The van der Waals surface area contributed by atoms with Crippen molar-refractivity contribution in [2.75, 3.05) is 7.05 Å². The van der Waals surface area contributed by atoms with E-state index in [-0.39, 0.29) is 28.4 Å². The van der Waals surface area contributed by atoms with Gasteiger partial charge in [0, 0.05) is 19.0 Å². The Kier molecular flexibility index (Phi) is 5.99. The molecular formula is C20H18Cl3NO3. The summed E-state index contributed by atoms with van der Waals surface area (Å²) in [6.45, 7) is 1.71. The fraction of sp³-hybridized carbons (Fsp3) is 0.300. The fourth-order valence-corrected chi connectivity index (χ4v) is 4.06. The van der Waals surface area contributed by atoms with Gasteiger partial charge in [-0.15, -0.1) is 0 Å². The van der Waals surface area contributed by atoms with Crippen LogP contribution in [0.25, 0.3) is 0 Å². The van der Waals surface area contributed by atoms with Gasteiger partial charge in [-0.05, 0) is 18.6 Å². The zero-order valence-corrected chi connectivity index (χ0v) is 17.1. The molecule has 0 unspecified atom stereocenters. The molecule has 3 atom stereocenters. The Morgan fingerprint density at radius 3 is 2.44 bits per heavy atom. The first-order chi connectivity index (χ1) is 12.8. The van der Waals surface area contributed by atoms with Gasteiger partial charge in [0.05, 0.1) is 27.0 Å². The van der Waals surface area contributed by atoms with Crippen molar-refractivity contribution in [1.29, 1.82) is 0 Å². The second-order valence-corrected chi connectivity index (χ2v) is 7.68. The molecule has 0 aliphatic carbocycles. The van der Waals surface area contributed by atoms with Crippen molar-refractivity contribution in [2.24, 2.45) is 5.92 Å². The van der Waals surface area contributed by atoms with Crippen molar-refractivity contribution < 1.29 is 14.3 Å². The van der Waals surface area contributed by atoms with Crippen LogP contribution in [0.15, 0.2) is 42.5 Å². The molecule has 0 spiro atoms. The number of benzene rings is 2. The lowest BCUT2D eigenvalue weighted by Crippen LogP contribution is -2.28. The molecule has 0 N–H and O–H groups in total. The predicted molar refractivity (Wildman–Crippen MR) is 106 cm³/mol. The Bertz CT molecular complexity index is 872. The van der Waals surface area contributed by atoms with Crippen molar-refractivity contribution in [3.05, 3.63) is 68.7 Å². The summed E-state index contributed by atoms with van der Waals surface area (Å²) in [4.78, 5) is 26.7. The van der Waals surface area contributed by atoms with Crippen LogP contribution in [0.4, 0.5) is 0 Å². The monoisotopic (exact) mass is 425 g/mol. The van der Waals surface area contributed by atoms with E-state index in [1.165, 1.54) is 0 Å². The first-order valence-corrected chi connectivity index (χ1v) is 9.59. The zero-order chi connectivity index (χ0) is 19.7. The van der Waals surface area contributed by atoms with Crippen LogP contribution in [0.1, 0.15) is 36.6 Å². The minimum atomic E-state index is -0.628. The number of carbonyl (C=O) groups is 2. The van der Waals surface area contributed by atoms with E-state index in [1.54, 1.807) is 31.0 Å². The van der Waals surface area contributed by atoms with Crippen LogP contribution >= 0.6 is 34.8 Å². The van der Waals surface area contributed by atoms with Crippen LogP contribution in [-0.4, -0.2) is 23.8 Å². The van der Waals surface area contributed by atoms with Crippen molar-refractivity contribution >= 4 is 46.7 Å². The molecule has 4 nitrogen and oxygen atoms in total. The van der Waals surface area contributed by atoms with E-state index in [2.05, 4.69) is 0 Å². The molecule has 0 bridgehead atoms. The molecule has 2 aromatic rings. The van der Waals surface area contributed by atoms with E-state index >= 15 is 0 Å². The molecule has 1 aliphatic heterocycles. The number of amides is 1. The molecule has 142 valence electrons. The standard InChI is InChI=1S/C20H18Cl3NO3/c1-11(13-8-9-15(21)18(23)17(13)22)27-20(26)14-10-16(25)24(2)19(14)12-6-4-3-5-7-12/h3-9,11,14,19H,10H2,1-2H3/t11-,14-,19+/m0/s1. The van der Waals surface area contributed by atoms with Gasteiger partial charge in [0.15, 0.2) is 0 Å². The van der Waals surface area contributed by atoms with Crippen LogP contribution in [0.5, 0.6) is 0 Å². The Hall–Kier alpha value is -1.75. The number of esters is 1. The molecule has 1 fully saturated rings. The lowest BCUT2D eigenvalue weighted by atomic mass is 9.93. The highest BCUT2D eigenvalue weighted by Gasteiger charge is 2.44. The minimum Gasteiger partial charge on any atom is -0.457 e. The average molecular weight is 427 g/mol. The highest BCUT2D eigenvalue weighted by Crippen LogP contribution is 2.40. The van der Waals surface area contributed by atoms with E-state index in [9.17, 15) is 9.59 Å². The van der Waals surface area contributed by atoms with E-state index < -0.39 is 18.0 Å². The number of nitrogens with zero attached hydrogens (tertiary/aromatic N) is 1. The molecule has 7 heteroatoms. The third-order valence-corrected chi connectivity index (χ3v) is 6.13. The highest BCUT2D eigenvalue weighted by molar-refractivity contribution is 6.48. The Morgan fingerprint density at radius 2 is 1.78 bits per heavy atom. The number of hydrogen-bond donors (Lipinski definition) is 0. The van der Waals surface area contributed by atoms with Crippen LogP contribution in [0.3, 0.4) is 0 Å². The summed E-state index contributed by atoms with van der Waals surface area (Å²) in [5.74, 6) is -1.13. The minimum absolute atomic E-state index is 0.0916. The average Bonchev–Trinajstić information content (AvgIpc) is 2.95. The summed E-state index contributed by atoms with van der Waals surface area (Å²) in [6.07, 6.45) is -0.520. The topological polar surface area (TPSA) is 46.6 Å². The van der Waals surface area contributed by atoms with Crippen LogP contribution in [-0.2, 0) is 14.3 Å². The van der Waals surface area contributed by atoms with Crippen LogP contribution in [0, 0.1) is 5.92 Å². The van der Waals surface area contributed by atoms with Crippen LogP contribution < -0.4 is 0 Å². The van der Waals surface area contributed by atoms with E-state index in [0.717, 1.165) is 5.56 Å². The zero-order valence-electron chi connectivity index (χ0n) is 14.8. The summed E-state index contributed by atoms with van der Waals surface area (Å²) < 4.78 is 5.64. The van der Waals surface area contributed by atoms with Gasteiger partial charge in [0.2, 0.25) is 5.91 Å². The third kappa shape index (κ3) is 3.93. The number of hydrogen-bond acceptors (Lipinski definition) is 3. The van der Waals surface area contributed by atoms with Crippen molar-refractivity contribution in [3.8, 4) is 0 Å². The lowest BCUT2D eigenvalue weighted by molar-refractivity contribution is -0.154. The number of carbonyl (C=O) groups excluding carboxylic acids is 2. The molecule has 0 aromatic heterocycles. The van der Waals surface area contributed by atoms with Crippen molar-refractivity contribution in [1.82, 2.24) is 4.90 Å². The maximum atomic E-state index is 12.9. The largest absolute Gasteiger partial charge is 0.457 e. The van der Waals surface area contributed by atoms with E-state index in [4.69, 9.17) is 39.5 Å². The number of ether oxygens (including phenoxy) is 1. The second kappa shape index (κ2) is 8.09. The van der Waals surface area contributed by atoms with Crippen molar-refractivity contribution in [2.45, 2.75) is 25.5 Å². The molecule has 1 heterocycles. The summed E-state index contributed by atoms with van der Waals surface area (Å²) in [6, 6.07) is 12.4. The molecular weight excluding hydrogens is 409 g/mol. The van der Waals surface area contributed by atoms with Crippen LogP contribution in [0.2, 0.25) is 15.1 Å². The smallest absolute Gasteiger partial charge is 0.312 e. The second-order valence-electron chi connectivity index (χ2n) is 6.51. The maximum Gasteiger partial charge on any atom is 0.312 e. The Labute approximate surface area is 173 Å². The van der Waals surface area contributed by atoms with Gasteiger partial charge in [-0.1, -0.05) is 71.2 Å². The van der Waals surface area contributed by atoms with Gasteiger partial charge >= 0.3 is 5.97 Å². The first kappa shape index (κ1) is 20.0. The third-order valence-electron chi connectivity index (χ3n) is 4.83. The maximum absolute atomic E-state index is 12.9. The SMILES string of the molecule is C[C@H](OC(=O)[C@H]1CC(=O)N(C)[C@@H]1c1ccccc1)c1ccc(Cl)c(Cl)c1Cl. The molecule has 27 heavy (non-hydrogen) atoms. The van der Waals surface area contributed by atoms with Gasteiger partial charge in [0.25, 0.3) is 0 Å². The van der Waals surface area contributed by atoms with Gasteiger partial charge in [-0.3, -0.25) is 9.59 Å².